The highest BCUT2D eigenvalue weighted by atomic mass is 32.1. The highest BCUT2D eigenvalue weighted by Crippen LogP contribution is 2.22. The fourth-order valence-corrected chi connectivity index (χ4v) is 3.02. The van der Waals surface area contributed by atoms with Crippen LogP contribution >= 0.6 is 11.5 Å². The van der Waals surface area contributed by atoms with Gasteiger partial charge in [-0.2, -0.15) is 4.37 Å². The van der Waals surface area contributed by atoms with Gasteiger partial charge in [0.1, 0.15) is 11.6 Å². The summed E-state index contributed by atoms with van der Waals surface area (Å²) in [6, 6.07) is 0. The van der Waals surface area contributed by atoms with Crippen molar-refractivity contribution in [3.8, 4) is 0 Å². The largest absolute Gasteiger partial charge is 0.383 e. The molecule has 0 saturated heterocycles. The first kappa shape index (κ1) is 18.7. The molecule has 0 aliphatic carbocycles. The Kier molecular flexibility index (Phi) is 6.58. The lowest BCUT2D eigenvalue weighted by Gasteiger charge is -2.12. The number of hydrogen-bond acceptors (Lipinski definition) is 9. The van der Waals surface area contributed by atoms with Crippen molar-refractivity contribution in [3.05, 3.63) is 33.7 Å². The maximum Gasteiger partial charge on any atom is 0.159 e. The summed E-state index contributed by atoms with van der Waals surface area (Å²) in [4.78, 5) is 9.36. The second kappa shape index (κ2) is 8.45. The number of aromatic nitrogens is 3. The summed E-state index contributed by atoms with van der Waals surface area (Å²) in [7, 11) is 0. The SMILES string of the molecule is Cc1ncc(Cc2nsc(CCOC(O)CC(O)O)c2C)c(N)n1. The molecule has 0 bridgehead atoms. The van der Waals surface area contributed by atoms with Gasteiger partial charge in [-0.25, -0.2) is 9.97 Å². The summed E-state index contributed by atoms with van der Waals surface area (Å²) >= 11 is 1.38. The molecule has 2 rings (SSSR count). The molecule has 1 unspecified atom stereocenters. The minimum atomic E-state index is -1.58. The third-order valence-electron chi connectivity index (χ3n) is 3.55. The number of anilines is 1. The number of aryl methyl sites for hydroxylation is 1. The van der Waals surface area contributed by atoms with Crippen molar-refractivity contribution in [1.82, 2.24) is 14.3 Å². The lowest BCUT2D eigenvalue weighted by atomic mass is 10.1. The third-order valence-corrected chi connectivity index (χ3v) is 4.59. The van der Waals surface area contributed by atoms with E-state index in [2.05, 4.69) is 14.3 Å². The summed E-state index contributed by atoms with van der Waals surface area (Å²) < 4.78 is 9.60. The minimum absolute atomic E-state index is 0.236. The summed E-state index contributed by atoms with van der Waals surface area (Å²) in [5, 5.41) is 26.9. The van der Waals surface area contributed by atoms with Crippen LogP contribution in [0.4, 0.5) is 5.82 Å². The summed E-state index contributed by atoms with van der Waals surface area (Å²) in [5.74, 6) is 1.10. The van der Waals surface area contributed by atoms with Crippen molar-refractivity contribution in [2.45, 2.75) is 45.7 Å². The van der Waals surface area contributed by atoms with Gasteiger partial charge in [-0.15, -0.1) is 0 Å². The highest BCUT2D eigenvalue weighted by Gasteiger charge is 2.14. The smallest absolute Gasteiger partial charge is 0.159 e. The number of nitrogen functional groups attached to an aromatic ring is 1. The average Bonchev–Trinajstić information content (AvgIpc) is 2.82. The number of nitrogens with two attached hydrogens (primary N) is 1. The van der Waals surface area contributed by atoms with Gasteiger partial charge >= 0.3 is 0 Å². The van der Waals surface area contributed by atoms with E-state index in [-0.39, 0.29) is 13.0 Å². The number of nitrogens with zero attached hydrogens (tertiary/aromatic N) is 3. The molecule has 0 spiro atoms. The van der Waals surface area contributed by atoms with Crippen LogP contribution < -0.4 is 5.73 Å². The Labute approximate surface area is 144 Å². The second-order valence-electron chi connectivity index (χ2n) is 5.47. The lowest BCUT2D eigenvalue weighted by molar-refractivity contribution is -0.155. The van der Waals surface area contributed by atoms with Gasteiger partial charge in [-0.05, 0) is 30.9 Å². The zero-order chi connectivity index (χ0) is 17.7. The zero-order valence-electron chi connectivity index (χ0n) is 13.6. The molecule has 0 amide bonds. The first-order chi connectivity index (χ1) is 11.4. The van der Waals surface area contributed by atoms with E-state index < -0.39 is 12.6 Å². The maximum absolute atomic E-state index is 9.44. The van der Waals surface area contributed by atoms with Crippen LogP contribution in [0.5, 0.6) is 0 Å². The Morgan fingerprint density at radius 1 is 1.29 bits per heavy atom. The van der Waals surface area contributed by atoms with Crippen LogP contribution in [-0.4, -0.2) is 48.8 Å². The van der Waals surface area contributed by atoms with Crippen LogP contribution in [-0.2, 0) is 17.6 Å². The summed E-state index contributed by atoms with van der Waals surface area (Å²) in [5.41, 5.74) is 8.73. The molecular formula is C15H22N4O4S. The van der Waals surface area contributed by atoms with Gasteiger partial charge in [0.05, 0.1) is 12.3 Å². The molecule has 0 aliphatic rings. The Morgan fingerprint density at radius 3 is 2.71 bits per heavy atom. The van der Waals surface area contributed by atoms with Gasteiger partial charge in [0.2, 0.25) is 0 Å². The number of rotatable bonds is 8. The highest BCUT2D eigenvalue weighted by molar-refractivity contribution is 7.06. The van der Waals surface area contributed by atoms with Crippen molar-refractivity contribution in [1.29, 1.82) is 0 Å². The van der Waals surface area contributed by atoms with E-state index in [0.717, 1.165) is 21.7 Å². The lowest BCUT2D eigenvalue weighted by Crippen LogP contribution is -2.20. The van der Waals surface area contributed by atoms with Crippen LogP contribution in [0.3, 0.4) is 0 Å². The second-order valence-corrected chi connectivity index (χ2v) is 6.33. The molecule has 5 N–H and O–H groups in total. The molecule has 0 radical (unpaired) electrons. The van der Waals surface area contributed by atoms with Crippen molar-refractivity contribution in [2.75, 3.05) is 12.3 Å². The normalized spacial score (nSPS) is 12.8. The van der Waals surface area contributed by atoms with E-state index >= 15 is 0 Å². The molecule has 0 saturated carbocycles. The predicted molar refractivity (Wildman–Crippen MR) is 89.3 cm³/mol. The number of ether oxygens (including phenoxy) is 1. The molecule has 1 atom stereocenters. The molecule has 0 fully saturated rings. The fraction of sp³-hybridized carbons (Fsp3) is 0.533. The zero-order valence-corrected chi connectivity index (χ0v) is 14.5. The van der Waals surface area contributed by atoms with Crippen molar-refractivity contribution in [2.24, 2.45) is 0 Å². The van der Waals surface area contributed by atoms with Crippen LogP contribution in [0.15, 0.2) is 6.20 Å². The van der Waals surface area contributed by atoms with E-state index in [4.69, 9.17) is 20.7 Å². The summed E-state index contributed by atoms with van der Waals surface area (Å²) in [6.45, 7) is 4.04. The van der Waals surface area contributed by atoms with Crippen molar-refractivity contribution >= 4 is 17.4 Å². The molecule has 8 nitrogen and oxygen atoms in total. The fourth-order valence-electron chi connectivity index (χ4n) is 2.17. The Bertz CT molecular complexity index is 677. The third kappa shape index (κ3) is 5.18. The number of aliphatic hydroxyl groups is 3. The molecule has 2 aromatic heterocycles. The van der Waals surface area contributed by atoms with Gasteiger partial charge in [-0.1, -0.05) is 0 Å². The Hall–Kier alpha value is -1.65. The molecular weight excluding hydrogens is 332 g/mol. The van der Waals surface area contributed by atoms with E-state index in [0.29, 0.717) is 24.5 Å². The van der Waals surface area contributed by atoms with Crippen molar-refractivity contribution < 1.29 is 20.1 Å². The minimum Gasteiger partial charge on any atom is -0.383 e. The van der Waals surface area contributed by atoms with Gasteiger partial charge in [0, 0.05) is 35.9 Å². The number of hydrogen-bond donors (Lipinski definition) is 4. The van der Waals surface area contributed by atoms with Crippen molar-refractivity contribution in [3.63, 3.8) is 0 Å². The average molecular weight is 354 g/mol. The Balaban J connectivity index is 1.93. The van der Waals surface area contributed by atoms with Crippen LogP contribution in [0, 0.1) is 13.8 Å². The van der Waals surface area contributed by atoms with E-state index in [9.17, 15) is 5.11 Å². The predicted octanol–water partition coefficient (Wildman–Crippen LogP) is 0.301. The van der Waals surface area contributed by atoms with E-state index in [1.807, 2.05) is 6.92 Å². The monoisotopic (exact) mass is 354 g/mol. The molecule has 0 aliphatic heterocycles. The van der Waals surface area contributed by atoms with Gasteiger partial charge < -0.3 is 25.8 Å². The number of aliphatic hydroxyl groups excluding tert-OH is 2. The Morgan fingerprint density at radius 2 is 2.04 bits per heavy atom. The molecule has 132 valence electrons. The molecule has 24 heavy (non-hydrogen) atoms. The first-order valence-corrected chi connectivity index (χ1v) is 8.32. The van der Waals surface area contributed by atoms with Crippen LogP contribution in [0.25, 0.3) is 0 Å². The van der Waals surface area contributed by atoms with E-state index in [1.165, 1.54) is 11.5 Å². The van der Waals surface area contributed by atoms with Gasteiger partial charge in [-0.3, -0.25) is 0 Å². The van der Waals surface area contributed by atoms with E-state index in [1.54, 1.807) is 13.1 Å². The molecule has 0 aromatic carbocycles. The quantitative estimate of drug-likeness (QED) is 0.497. The summed E-state index contributed by atoms with van der Waals surface area (Å²) in [6.07, 6.45) is -0.146. The van der Waals surface area contributed by atoms with Gasteiger partial charge in [0.15, 0.2) is 12.6 Å². The van der Waals surface area contributed by atoms with Crippen LogP contribution in [0.1, 0.15) is 33.9 Å². The maximum atomic E-state index is 9.44. The molecule has 2 heterocycles. The molecule has 2 aromatic rings. The topological polar surface area (TPSA) is 135 Å². The first-order valence-electron chi connectivity index (χ1n) is 7.54. The van der Waals surface area contributed by atoms with Crippen LogP contribution in [0.2, 0.25) is 0 Å². The standard InChI is InChI=1S/C15H22N4O4S/c1-8-11(5-10-7-17-9(2)18-15(10)16)19-24-12(8)3-4-23-14(22)6-13(20)21/h7,13-14,20-22H,3-6H2,1-2H3,(H2,16,17,18). The molecule has 9 heteroatoms. The van der Waals surface area contributed by atoms with Gasteiger partial charge in [0.25, 0.3) is 0 Å².